The smallest absolute Gasteiger partial charge is 0.407 e. The fraction of sp³-hybridized carbons (Fsp3) is 0.933. The van der Waals surface area contributed by atoms with Gasteiger partial charge in [0.15, 0.2) is 0 Å². The van der Waals surface area contributed by atoms with Crippen molar-refractivity contribution in [2.45, 2.75) is 66.4 Å². The molecule has 0 radical (unpaired) electrons. The van der Waals surface area contributed by atoms with Crippen LogP contribution in [0.3, 0.4) is 0 Å². The summed E-state index contributed by atoms with van der Waals surface area (Å²) in [5.41, 5.74) is -0.725. The Bertz CT molecular complexity index is 265. The lowest BCUT2D eigenvalue weighted by Crippen LogP contribution is -2.42. The van der Waals surface area contributed by atoms with Gasteiger partial charge in [0, 0.05) is 12.0 Å². The lowest BCUT2D eigenvalue weighted by molar-refractivity contribution is 0.0445. The minimum atomic E-state index is -0.490. The highest BCUT2D eigenvalue weighted by Crippen LogP contribution is 2.28. The maximum Gasteiger partial charge on any atom is 0.407 e. The van der Waals surface area contributed by atoms with Crippen molar-refractivity contribution in [3.05, 3.63) is 0 Å². The Morgan fingerprint density at radius 1 is 1.32 bits per heavy atom. The van der Waals surface area contributed by atoms with E-state index >= 15 is 0 Å². The molecule has 1 unspecified atom stereocenters. The molecule has 0 aliphatic rings. The molecule has 0 rings (SSSR count). The second-order valence-electron chi connectivity index (χ2n) is 6.80. The molecule has 0 aromatic heterocycles. The van der Waals surface area contributed by atoms with Gasteiger partial charge in [-0.15, -0.1) is 0 Å². The summed E-state index contributed by atoms with van der Waals surface area (Å²) >= 11 is 0. The number of nitrogens with one attached hydrogen (secondary N) is 1. The van der Waals surface area contributed by atoms with E-state index in [2.05, 4.69) is 19.2 Å². The van der Waals surface area contributed by atoms with Crippen LogP contribution < -0.4 is 5.32 Å². The van der Waals surface area contributed by atoms with E-state index in [4.69, 9.17) is 4.74 Å². The van der Waals surface area contributed by atoms with Crippen LogP contribution in [0.15, 0.2) is 0 Å². The first-order chi connectivity index (χ1) is 8.64. The number of carbonyl (C=O) groups excluding carboxylic acids is 1. The average molecular weight is 273 g/mol. The van der Waals surface area contributed by atoms with Crippen molar-refractivity contribution in [3.63, 3.8) is 0 Å². The zero-order valence-corrected chi connectivity index (χ0v) is 13.4. The molecule has 4 heteroatoms. The molecule has 0 aromatic rings. The van der Waals surface area contributed by atoms with Crippen LogP contribution in [0, 0.1) is 11.3 Å². The summed E-state index contributed by atoms with van der Waals surface area (Å²) in [4.78, 5) is 11.7. The maximum atomic E-state index is 11.7. The fourth-order valence-corrected chi connectivity index (χ4v) is 1.81. The van der Waals surface area contributed by atoms with E-state index in [0.717, 1.165) is 19.3 Å². The minimum absolute atomic E-state index is 0.0893. The molecule has 0 spiro atoms. The Kier molecular flexibility index (Phi) is 7.42. The molecule has 0 heterocycles. The van der Waals surface area contributed by atoms with Gasteiger partial charge < -0.3 is 15.2 Å². The summed E-state index contributed by atoms with van der Waals surface area (Å²) in [5, 5.41) is 12.4. The number of carbonyl (C=O) groups is 1. The van der Waals surface area contributed by atoms with Crippen molar-refractivity contribution in [3.8, 4) is 0 Å². The summed E-state index contributed by atoms with van der Waals surface area (Å²) in [6.45, 7) is 12.4. The van der Waals surface area contributed by atoms with Crippen molar-refractivity contribution in [2.75, 3.05) is 13.2 Å². The van der Waals surface area contributed by atoms with Crippen molar-refractivity contribution >= 4 is 6.09 Å². The largest absolute Gasteiger partial charge is 0.444 e. The van der Waals surface area contributed by atoms with Gasteiger partial charge >= 0.3 is 6.09 Å². The van der Waals surface area contributed by atoms with Gasteiger partial charge in [-0.25, -0.2) is 4.79 Å². The molecule has 19 heavy (non-hydrogen) atoms. The zero-order valence-electron chi connectivity index (χ0n) is 13.4. The van der Waals surface area contributed by atoms with Crippen LogP contribution in [-0.2, 0) is 4.74 Å². The number of hydrogen-bond donors (Lipinski definition) is 2. The third kappa shape index (κ3) is 8.09. The van der Waals surface area contributed by atoms with Crippen molar-refractivity contribution < 1.29 is 14.6 Å². The second kappa shape index (κ2) is 7.73. The molecular weight excluding hydrogens is 242 g/mol. The standard InChI is InChI=1S/C15H31NO3/c1-7-15(11-17,9-8-12(2)3)10-16-13(18)19-14(4,5)6/h12,17H,7-11H2,1-6H3,(H,16,18). The summed E-state index contributed by atoms with van der Waals surface area (Å²) in [6.07, 6.45) is 2.38. The molecular formula is C15H31NO3. The summed E-state index contributed by atoms with van der Waals surface area (Å²) in [5.74, 6) is 0.596. The van der Waals surface area contributed by atoms with Gasteiger partial charge in [0.2, 0.25) is 0 Å². The molecule has 0 fully saturated rings. The highest BCUT2D eigenvalue weighted by atomic mass is 16.6. The molecule has 0 aliphatic carbocycles. The number of hydrogen-bond acceptors (Lipinski definition) is 3. The average Bonchev–Trinajstić information content (AvgIpc) is 2.28. The predicted octanol–water partition coefficient (Wildman–Crippen LogP) is 3.34. The highest BCUT2D eigenvalue weighted by Gasteiger charge is 2.29. The predicted molar refractivity (Wildman–Crippen MR) is 78.1 cm³/mol. The topological polar surface area (TPSA) is 58.6 Å². The molecule has 2 N–H and O–H groups in total. The van der Waals surface area contributed by atoms with Gasteiger partial charge in [0.1, 0.15) is 5.60 Å². The van der Waals surface area contributed by atoms with Crippen LogP contribution in [0.4, 0.5) is 4.79 Å². The van der Waals surface area contributed by atoms with Crippen LogP contribution in [0.1, 0.15) is 60.8 Å². The van der Waals surface area contributed by atoms with Gasteiger partial charge in [-0.3, -0.25) is 0 Å². The first-order valence-electron chi connectivity index (χ1n) is 7.22. The van der Waals surface area contributed by atoms with Crippen molar-refractivity contribution in [2.24, 2.45) is 11.3 Å². The minimum Gasteiger partial charge on any atom is -0.444 e. The van der Waals surface area contributed by atoms with Gasteiger partial charge in [0.05, 0.1) is 6.61 Å². The fourth-order valence-electron chi connectivity index (χ4n) is 1.81. The van der Waals surface area contributed by atoms with Crippen LogP contribution in [0.25, 0.3) is 0 Å². The Hall–Kier alpha value is -0.770. The third-order valence-corrected chi connectivity index (χ3v) is 3.34. The number of aliphatic hydroxyl groups excluding tert-OH is 1. The number of aliphatic hydroxyl groups is 1. The highest BCUT2D eigenvalue weighted by molar-refractivity contribution is 5.67. The van der Waals surface area contributed by atoms with Gasteiger partial charge in [-0.2, -0.15) is 0 Å². The Labute approximate surface area is 117 Å². The maximum absolute atomic E-state index is 11.7. The molecule has 0 saturated heterocycles. The second-order valence-corrected chi connectivity index (χ2v) is 6.80. The summed E-state index contributed by atoms with van der Waals surface area (Å²) in [6, 6.07) is 0. The number of ether oxygens (including phenoxy) is 1. The van der Waals surface area contributed by atoms with Crippen LogP contribution in [-0.4, -0.2) is 30.0 Å². The van der Waals surface area contributed by atoms with E-state index in [1.807, 2.05) is 27.7 Å². The molecule has 0 saturated carbocycles. The monoisotopic (exact) mass is 273 g/mol. The molecule has 0 aromatic carbocycles. The number of amides is 1. The van der Waals surface area contributed by atoms with E-state index in [1.165, 1.54) is 0 Å². The van der Waals surface area contributed by atoms with Crippen LogP contribution in [0.5, 0.6) is 0 Å². The summed E-state index contributed by atoms with van der Waals surface area (Å²) < 4.78 is 5.22. The normalized spacial score (nSPS) is 15.2. The molecule has 1 atom stereocenters. The zero-order chi connectivity index (χ0) is 15.1. The molecule has 1 amide bonds. The lowest BCUT2D eigenvalue weighted by Gasteiger charge is -2.32. The quantitative estimate of drug-likeness (QED) is 0.748. The summed E-state index contributed by atoms with van der Waals surface area (Å²) in [7, 11) is 0. The van der Waals surface area contributed by atoms with E-state index in [-0.39, 0.29) is 12.0 Å². The molecule has 114 valence electrons. The van der Waals surface area contributed by atoms with Gasteiger partial charge in [0.25, 0.3) is 0 Å². The van der Waals surface area contributed by atoms with E-state index in [1.54, 1.807) is 0 Å². The number of alkyl carbamates (subject to hydrolysis) is 1. The molecule has 4 nitrogen and oxygen atoms in total. The van der Waals surface area contributed by atoms with Crippen LogP contribution in [0.2, 0.25) is 0 Å². The van der Waals surface area contributed by atoms with Crippen molar-refractivity contribution in [1.29, 1.82) is 0 Å². The Balaban J connectivity index is 4.38. The van der Waals surface area contributed by atoms with Crippen LogP contribution >= 0.6 is 0 Å². The lowest BCUT2D eigenvalue weighted by atomic mass is 9.79. The van der Waals surface area contributed by atoms with E-state index in [0.29, 0.717) is 12.5 Å². The van der Waals surface area contributed by atoms with Gasteiger partial charge in [-0.05, 0) is 39.5 Å². The van der Waals surface area contributed by atoms with E-state index in [9.17, 15) is 9.90 Å². The van der Waals surface area contributed by atoms with Gasteiger partial charge in [-0.1, -0.05) is 27.2 Å². The Morgan fingerprint density at radius 2 is 1.89 bits per heavy atom. The SMILES string of the molecule is CCC(CO)(CCC(C)C)CNC(=O)OC(C)(C)C. The third-order valence-electron chi connectivity index (χ3n) is 3.34. The van der Waals surface area contributed by atoms with E-state index < -0.39 is 11.7 Å². The number of rotatable bonds is 7. The molecule has 0 aliphatic heterocycles. The van der Waals surface area contributed by atoms with Crippen molar-refractivity contribution in [1.82, 2.24) is 5.32 Å². The first-order valence-corrected chi connectivity index (χ1v) is 7.22. The molecule has 0 bridgehead atoms. The Morgan fingerprint density at radius 3 is 2.26 bits per heavy atom. The first kappa shape index (κ1) is 18.2.